The van der Waals surface area contributed by atoms with Crippen LogP contribution in [-0.4, -0.2) is 49.5 Å². The summed E-state index contributed by atoms with van der Waals surface area (Å²) < 4.78 is 18.0. The Labute approximate surface area is 146 Å². The molecule has 1 aromatic carbocycles. The third-order valence-electron chi connectivity index (χ3n) is 3.99. The van der Waals surface area contributed by atoms with Gasteiger partial charge in [-0.3, -0.25) is 9.59 Å². The van der Waals surface area contributed by atoms with Gasteiger partial charge in [-0.25, -0.2) is 4.39 Å². The molecule has 1 aromatic rings. The second-order valence-electron chi connectivity index (χ2n) is 5.91. The van der Waals surface area contributed by atoms with Crippen LogP contribution in [0.15, 0.2) is 30.1 Å². The first-order valence-electron chi connectivity index (χ1n) is 8.39. The standard InChI is InChI=1S/C18H24FN3O3/c1-2-6-21-17(23)11-22-7-5-14-8-15(3-4-16(14)18(22)24)25-12-13(9-19)10-20/h3-4,8-9H,2,5-7,10-12,20H2,1H3,(H,21,23)/b13-9+. The molecule has 2 amide bonds. The number of ether oxygens (including phenoxy) is 1. The molecule has 25 heavy (non-hydrogen) atoms. The summed E-state index contributed by atoms with van der Waals surface area (Å²) in [6, 6.07) is 5.14. The molecule has 0 radical (unpaired) electrons. The zero-order chi connectivity index (χ0) is 18.2. The summed E-state index contributed by atoms with van der Waals surface area (Å²) in [5.41, 5.74) is 7.19. The van der Waals surface area contributed by atoms with E-state index in [0.717, 1.165) is 12.0 Å². The van der Waals surface area contributed by atoms with E-state index in [1.807, 2.05) is 6.92 Å². The van der Waals surface area contributed by atoms with Crippen molar-refractivity contribution in [1.82, 2.24) is 10.2 Å². The summed E-state index contributed by atoms with van der Waals surface area (Å²) in [5, 5.41) is 2.77. The van der Waals surface area contributed by atoms with Crippen molar-refractivity contribution in [3.63, 3.8) is 0 Å². The van der Waals surface area contributed by atoms with Crippen LogP contribution in [-0.2, 0) is 11.2 Å². The van der Waals surface area contributed by atoms with E-state index < -0.39 is 0 Å². The number of nitrogens with two attached hydrogens (primary N) is 1. The lowest BCUT2D eigenvalue weighted by Gasteiger charge is -2.28. The van der Waals surface area contributed by atoms with Gasteiger partial charge in [0.2, 0.25) is 5.91 Å². The van der Waals surface area contributed by atoms with Crippen molar-refractivity contribution in [3.05, 3.63) is 41.2 Å². The number of hydrogen-bond acceptors (Lipinski definition) is 4. The van der Waals surface area contributed by atoms with Gasteiger partial charge in [0.1, 0.15) is 12.4 Å². The van der Waals surface area contributed by atoms with Crippen molar-refractivity contribution < 1.29 is 18.7 Å². The Morgan fingerprint density at radius 1 is 1.48 bits per heavy atom. The van der Waals surface area contributed by atoms with E-state index in [-0.39, 0.29) is 31.5 Å². The molecule has 0 saturated carbocycles. The molecule has 6 nitrogen and oxygen atoms in total. The molecule has 0 spiro atoms. The molecule has 1 aliphatic heterocycles. The number of halogens is 1. The van der Waals surface area contributed by atoms with E-state index in [9.17, 15) is 14.0 Å². The predicted octanol–water partition coefficient (Wildman–Crippen LogP) is 1.40. The Bertz CT molecular complexity index is 661. The molecule has 0 fully saturated rings. The first-order chi connectivity index (χ1) is 12.1. The maximum atomic E-state index is 12.5. The highest BCUT2D eigenvalue weighted by molar-refractivity contribution is 5.98. The fourth-order valence-corrected chi connectivity index (χ4v) is 2.56. The average molecular weight is 349 g/mol. The molecule has 7 heteroatoms. The van der Waals surface area contributed by atoms with Crippen molar-refractivity contribution in [1.29, 1.82) is 0 Å². The Balaban J connectivity index is 2.01. The monoisotopic (exact) mass is 349 g/mol. The summed E-state index contributed by atoms with van der Waals surface area (Å²) >= 11 is 0. The SMILES string of the molecule is CCCNC(=O)CN1CCc2cc(OC/C(=C/F)CN)ccc2C1=O. The van der Waals surface area contributed by atoms with Gasteiger partial charge in [-0.05, 0) is 36.6 Å². The third kappa shape index (κ3) is 5.03. The first-order valence-corrected chi connectivity index (χ1v) is 8.39. The predicted molar refractivity (Wildman–Crippen MR) is 93.1 cm³/mol. The van der Waals surface area contributed by atoms with E-state index in [0.29, 0.717) is 42.7 Å². The van der Waals surface area contributed by atoms with E-state index >= 15 is 0 Å². The van der Waals surface area contributed by atoms with Crippen molar-refractivity contribution in [3.8, 4) is 5.75 Å². The van der Waals surface area contributed by atoms with Gasteiger partial charge in [-0.1, -0.05) is 6.92 Å². The van der Waals surface area contributed by atoms with Gasteiger partial charge < -0.3 is 20.7 Å². The number of benzene rings is 1. The van der Waals surface area contributed by atoms with Crippen LogP contribution in [0, 0.1) is 0 Å². The lowest BCUT2D eigenvalue weighted by atomic mass is 9.98. The largest absolute Gasteiger partial charge is 0.489 e. The number of rotatable bonds is 8. The fraction of sp³-hybridized carbons (Fsp3) is 0.444. The maximum absolute atomic E-state index is 12.5. The van der Waals surface area contributed by atoms with Crippen molar-refractivity contribution in [2.24, 2.45) is 5.73 Å². The minimum atomic E-state index is -0.161. The van der Waals surface area contributed by atoms with E-state index in [1.165, 1.54) is 0 Å². The second kappa shape index (κ2) is 9.17. The number of nitrogens with zero attached hydrogens (tertiary/aromatic N) is 1. The summed E-state index contributed by atoms with van der Waals surface area (Å²) in [5.74, 6) is 0.255. The normalized spacial score (nSPS) is 14.3. The zero-order valence-electron chi connectivity index (χ0n) is 14.4. The number of hydrogen-bond donors (Lipinski definition) is 2. The van der Waals surface area contributed by atoms with Crippen LogP contribution >= 0.6 is 0 Å². The average Bonchev–Trinajstić information content (AvgIpc) is 2.63. The van der Waals surface area contributed by atoms with Gasteiger partial charge in [0.05, 0.1) is 12.9 Å². The van der Waals surface area contributed by atoms with E-state index in [2.05, 4.69) is 5.32 Å². The van der Waals surface area contributed by atoms with Crippen LogP contribution in [0.5, 0.6) is 5.75 Å². The topological polar surface area (TPSA) is 84.7 Å². The lowest BCUT2D eigenvalue weighted by molar-refractivity contribution is -0.121. The summed E-state index contributed by atoms with van der Waals surface area (Å²) in [6.45, 7) is 3.29. The molecular weight excluding hydrogens is 325 g/mol. The van der Waals surface area contributed by atoms with Gasteiger partial charge in [-0.2, -0.15) is 0 Å². The highest BCUT2D eigenvalue weighted by atomic mass is 19.1. The molecule has 0 aliphatic carbocycles. The van der Waals surface area contributed by atoms with Gasteiger partial charge in [0, 0.05) is 30.8 Å². The highest BCUT2D eigenvalue weighted by Gasteiger charge is 2.26. The molecule has 1 aliphatic rings. The van der Waals surface area contributed by atoms with Crippen molar-refractivity contribution in [2.75, 3.05) is 32.8 Å². The fourth-order valence-electron chi connectivity index (χ4n) is 2.56. The number of carbonyl (C=O) groups is 2. The lowest BCUT2D eigenvalue weighted by Crippen LogP contribution is -2.44. The zero-order valence-corrected chi connectivity index (χ0v) is 14.4. The third-order valence-corrected chi connectivity index (χ3v) is 3.99. The van der Waals surface area contributed by atoms with Crippen LogP contribution < -0.4 is 15.8 Å². The number of fused-ring (bicyclic) bond motifs is 1. The van der Waals surface area contributed by atoms with Crippen LogP contribution in [0.25, 0.3) is 0 Å². The van der Waals surface area contributed by atoms with Crippen LogP contribution in [0.3, 0.4) is 0 Å². The molecule has 136 valence electrons. The molecule has 0 unspecified atom stereocenters. The number of amides is 2. The Morgan fingerprint density at radius 2 is 2.28 bits per heavy atom. The first kappa shape index (κ1) is 18.9. The Morgan fingerprint density at radius 3 is 2.96 bits per heavy atom. The molecule has 0 aromatic heterocycles. The highest BCUT2D eigenvalue weighted by Crippen LogP contribution is 2.24. The number of carbonyl (C=O) groups excluding carboxylic acids is 2. The molecule has 2 rings (SSSR count). The number of nitrogens with one attached hydrogen (secondary N) is 1. The minimum absolute atomic E-state index is 0.0671. The van der Waals surface area contributed by atoms with Gasteiger partial charge in [-0.15, -0.1) is 0 Å². The molecule has 0 atom stereocenters. The quantitative estimate of drug-likeness (QED) is 0.743. The Kier molecular flexibility index (Phi) is 6.94. The summed E-state index contributed by atoms with van der Waals surface area (Å²) in [6.07, 6.45) is 1.94. The molecule has 0 saturated heterocycles. The maximum Gasteiger partial charge on any atom is 0.254 e. The summed E-state index contributed by atoms with van der Waals surface area (Å²) in [4.78, 5) is 25.9. The second-order valence-corrected chi connectivity index (χ2v) is 5.91. The van der Waals surface area contributed by atoms with Gasteiger partial charge >= 0.3 is 0 Å². The molecule has 3 N–H and O–H groups in total. The van der Waals surface area contributed by atoms with Gasteiger partial charge in [0.25, 0.3) is 5.91 Å². The molecule has 0 bridgehead atoms. The molecular formula is C18H24FN3O3. The van der Waals surface area contributed by atoms with Crippen LogP contribution in [0.2, 0.25) is 0 Å². The summed E-state index contributed by atoms with van der Waals surface area (Å²) in [7, 11) is 0. The van der Waals surface area contributed by atoms with Gasteiger partial charge in [0.15, 0.2) is 0 Å². The smallest absolute Gasteiger partial charge is 0.254 e. The Hall–Kier alpha value is -2.41. The molecule has 1 heterocycles. The van der Waals surface area contributed by atoms with Crippen molar-refractivity contribution in [2.45, 2.75) is 19.8 Å². The van der Waals surface area contributed by atoms with E-state index in [4.69, 9.17) is 10.5 Å². The van der Waals surface area contributed by atoms with Crippen LogP contribution in [0.4, 0.5) is 4.39 Å². The van der Waals surface area contributed by atoms with E-state index in [1.54, 1.807) is 23.1 Å². The van der Waals surface area contributed by atoms with Crippen molar-refractivity contribution >= 4 is 11.8 Å². The minimum Gasteiger partial charge on any atom is -0.489 e. The van der Waals surface area contributed by atoms with Crippen LogP contribution in [0.1, 0.15) is 29.3 Å².